The Balaban J connectivity index is 0.779. The molecule has 10 rings (SSSR count). The van der Waals surface area contributed by atoms with Crippen molar-refractivity contribution in [1.29, 1.82) is 0 Å². The maximum Gasteiger partial charge on any atom is 0.255 e. The Bertz CT molecular complexity index is 2260. The summed E-state index contributed by atoms with van der Waals surface area (Å²) in [4.78, 5) is 46.8. The zero-order valence-corrected chi connectivity index (χ0v) is 32.8. The van der Waals surface area contributed by atoms with E-state index in [2.05, 4.69) is 68.5 Å². The van der Waals surface area contributed by atoms with Gasteiger partial charge in [0.15, 0.2) is 0 Å². The summed E-state index contributed by atoms with van der Waals surface area (Å²) in [5.41, 5.74) is 7.07. The maximum absolute atomic E-state index is 13.4. The second-order valence-corrected chi connectivity index (χ2v) is 16.7. The monoisotopic (exact) mass is 783 g/mol. The van der Waals surface area contributed by atoms with Crippen LogP contribution in [0.4, 0.5) is 11.4 Å². The van der Waals surface area contributed by atoms with Gasteiger partial charge in [0.25, 0.3) is 5.91 Å². The molecule has 6 aliphatic rings. The standard InChI is InChI=1S/C46H49N5O7/c1-56-40-20-31(7-9-34(40)44-35-10-8-33(52)21-41(35)58-27-37(44)29-5-3-2-4-6-29)49-15-13-28(14-16-49)23-48-17-18-50-32(25-48)26-57-42-22-36-30(19-39(42)50)24-51(46(36)55)38-11-12-43(53)47-45(38)54/h2-10,19-22,28,32,37-38,44,52H,11-18,23-27H2,1H3,(H,47,53,54)/t32-,37+,38?,44+/m1/s1. The lowest BCUT2D eigenvalue weighted by Crippen LogP contribution is -2.58. The maximum atomic E-state index is 13.4. The Hall–Kier alpha value is -5.75. The number of fused-ring (bicyclic) bond motifs is 5. The van der Waals surface area contributed by atoms with Crippen LogP contribution < -0.4 is 29.3 Å². The van der Waals surface area contributed by atoms with Crippen LogP contribution in [-0.2, 0) is 16.1 Å². The van der Waals surface area contributed by atoms with Crippen molar-refractivity contribution >= 4 is 29.1 Å². The van der Waals surface area contributed by atoms with Gasteiger partial charge in [-0.15, -0.1) is 0 Å². The van der Waals surface area contributed by atoms with Crippen LogP contribution in [0.2, 0.25) is 0 Å². The molecule has 0 aromatic heterocycles. The Morgan fingerprint density at radius 3 is 2.45 bits per heavy atom. The van der Waals surface area contributed by atoms with Crippen LogP contribution in [0.15, 0.2) is 78.9 Å². The van der Waals surface area contributed by atoms with E-state index in [1.165, 1.54) is 11.3 Å². The van der Waals surface area contributed by atoms with E-state index in [0.29, 0.717) is 43.4 Å². The number of nitrogens with one attached hydrogen (secondary N) is 1. The Morgan fingerprint density at radius 2 is 1.64 bits per heavy atom. The lowest BCUT2D eigenvalue weighted by Gasteiger charge is -2.47. The van der Waals surface area contributed by atoms with Crippen molar-refractivity contribution < 1.29 is 33.7 Å². The summed E-state index contributed by atoms with van der Waals surface area (Å²) in [6.45, 7) is 7.25. The molecule has 0 saturated carbocycles. The minimum Gasteiger partial charge on any atom is -0.508 e. The number of anilines is 2. The molecule has 0 aliphatic carbocycles. The van der Waals surface area contributed by atoms with Crippen LogP contribution in [0.25, 0.3) is 0 Å². The number of phenolic OH excluding ortho intramolecular Hbond substituents is 1. The number of benzene rings is 4. The SMILES string of the molecule is COc1cc(N2CCC(CN3CCN4c5cc6c(cc5OC[C@H]4C3)C(=O)N(C3CCC(=O)NC3=O)C6)CC2)ccc1[C@H]1c2ccc(O)cc2OC[C@H]1c1ccccc1. The molecule has 12 heteroatoms. The number of rotatable bonds is 7. The molecule has 4 aromatic carbocycles. The molecule has 12 nitrogen and oxygen atoms in total. The lowest BCUT2D eigenvalue weighted by atomic mass is 9.75. The van der Waals surface area contributed by atoms with Crippen molar-refractivity contribution in [3.05, 3.63) is 107 Å². The number of hydrogen-bond donors (Lipinski definition) is 2. The number of nitrogens with zero attached hydrogens (tertiary/aromatic N) is 4. The molecule has 3 amide bonds. The van der Waals surface area contributed by atoms with Gasteiger partial charge in [-0.3, -0.25) is 24.6 Å². The number of carbonyl (C=O) groups is 3. The van der Waals surface area contributed by atoms with Crippen molar-refractivity contribution in [1.82, 2.24) is 15.1 Å². The highest BCUT2D eigenvalue weighted by molar-refractivity contribution is 6.06. The first kappa shape index (κ1) is 36.6. The van der Waals surface area contributed by atoms with Crippen LogP contribution in [0.5, 0.6) is 23.0 Å². The molecule has 0 bridgehead atoms. The molecule has 1 unspecified atom stereocenters. The van der Waals surface area contributed by atoms with Crippen LogP contribution >= 0.6 is 0 Å². The fourth-order valence-electron chi connectivity index (χ4n) is 10.3. The van der Waals surface area contributed by atoms with Gasteiger partial charge in [-0.05, 0) is 60.6 Å². The van der Waals surface area contributed by atoms with E-state index in [9.17, 15) is 19.5 Å². The van der Waals surface area contributed by atoms with Gasteiger partial charge in [0.2, 0.25) is 11.8 Å². The molecule has 58 heavy (non-hydrogen) atoms. The van der Waals surface area contributed by atoms with Gasteiger partial charge in [-0.1, -0.05) is 42.5 Å². The Morgan fingerprint density at radius 1 is 0.828 bits per heavy atom. The first-order valence-electron chi connectivity index (χ1n) is 20.7. The summed E-state index contributed by atoms with van der Waals surface area (Å²) in [5, 5.41) is 12.6. The van der Waals surface area contributed by atoms with E-state index in [-0.39, 0.29) is 41.9 Å². The van der Waals surface area contributed by atoms with E-state index < -0.39 is 11.9 Å². The fraction of sp³-hybridized carbons (Fsp3) is 0.413. The number of phenols is 1. The zero-order chi connectivity index (χ0) is 39.5. The van der Waals surface area contributed by atoms with Crippen LogP contribution in [0.1, 0.15) is 70.1 Å². The van der Waals surface area contributed by atoms with E-state index >= 15 is 0 Å². The molecule has 300 valence electrons. The summed E-state index contributed by atoms with van der Waals surface area (Å²) in [7, 11) is 1.75. The van der Waals surface area contributed by atoms with Gasteiger partial charge in [0, 0.05) is 98.6 Å². The van der Waals surface area contributed by atoms with Crippen LogP contribution in [0, 0.1) is 5.92 Å². The van der Waals surface area contributed by atoms with Gasteiger partial charge in [-0.2, -0.15) is 0 Å². The van der Waals surface area contributed by atoms with Crippen molar-refractivity contribution in [2.75, 3.05) is 69.4 Å². The Labute approximate surface area is 338 Å². The number of methoxy groups -OCH3 is 1. The number of amides is 3. The fourth-order valence-corrected chi connectivity index (χ4v) is 10.3. The molecule has 3 fully saturated rings. The first-order valence-corrected chi connectivity index (χ1v) is 20.7. The molecule has 0 radical (unpaired) electrons. The van der Waals surface area contributed by atoms with Gasteiger partial charge in [-0.25, -0.2) is 0 Å². The molecule has 6 aliphatic heterocycles. The average Bonchev–Trinajstić information content (AvgIpc) is 3.56. The number of carbonyl (C=O) groups excluding carboxylic acids is 3. The van der Waals surface area contributed by atoms with E-state index in [4.69, 9.17) is 14.2 Å². The summed E-state index contributed by atoms with van der Waals surface area (Å²) in [6, 6.07) is 26.2. The second kappa shape index (κ2) is 14.9. The van der Waals surface area contributed by atoms with Gasteiger partial charge in [0.05, 0.1) is 25.4 Å². The van der Waals surface area contributed by atoms with Crippen molar-refractivity contribution in [3.63, 3.8) is 0 Å². The van der Waals surface area contributed by atoms with Crippen LogP contribution in [-0.4, -0.2) is 104 Å². The largest absolute Gasteiger partial charge is 0.508 e. The predicted octanol–water partition coefficient (Wildman–Crippen LogP) is 5.27. The third-order valence-electron chi connectivity index (χ3n) is 13.3. The third kappa shape index (κ3) is 6.57. The summed E-state index contributed by atoms with van der Waals surface area (Å²) in [5.74, 6) is 2.36. The third-order valence-corrected chi connectivity index (χ3v) is 13.3. The number of imide groups is 1. The molecule has 2 N–H and O–H groups in total. The van der Waals surface area contributed by atoms with Crippen LogP contribution in [0.3, 0.4) is 0 Å². The minimum absolute atomic E-state index is 0.00496. The molecular weight excluding hydrogens is 735 g/mol. The average molecular weight is 784 g/mol. The summed E-state index contributed by atoms with van der Waals surface area (Å²) >= 11 is 0. The Kier molecular flexibility index (Phi) is 9.39. The van der Waals surface area contributed by atoms with E-state index in [1.807, 2.05) is 18.2 Å². The molecule has 3 saturated heterocycles. The molecule has 4 aromatic rings. The van der Waals surface area contributed by atoms with Crippen molar-refractivity contribution in [2.45, 2.75) is 56.1 Å². The number of ether oxygens (including phenoxy) is 3. The lowest BCUT2D eigenvalue weighted by molar-refractivity contribution is -0.136. The smallest absolute Gasteiger partial charge is 0.255 e. The van der Waals surface area contributed by atoms with E-state index in [0.717, 1.165) is 86.0 Å². The number of aromatic hydroxyl groups is 1. The predicted molar refractivity (Wildman–Crippen MR) is 218 cm³/mol. The highest BCUT2D eigenvalue weighted by Crippen LogP contribution is 2.50. The van der Waals surface area contributed by atoms with Gasteiger partial charge < -0.3 is 34.0 Å². The number of piperidine rings is 2. The molecule has 0 spiro atoms. The zero-order valence-electron chi connectivity index (χ0n) is 32.8. The van der Waals surface area contributed by atoms with Gasteiger partial charge in [0.1, 0.15) is 35.6 Å². The topological polar surface area (TPSA) is 124 Å². The van der Waals surface area contributed by atoms with Crippen molar-refractivity contribution in [3.8, 4) is 23.0 Å². The quantitative estimate of drug-likeness (QED) is 0.240. The molecule has 4 atom stereocenters. The highest BCUT2D eigenvalue weighted by Gasteiger charge is 2.42. The normalized spacial score (nSPS) is 24.6. The minimum atomic E-state index is -0.631. The number of hydrogen-bond acceptors (Lipinski definition) is 10. The molecule has 6 heterocycles. The van der Waals surface area contributed by atoms with Gasteiger partial charge >= 0.3 is 0 Å². The highest BCUT2D eigenvalue weighted by atomic mass is 16.5. The second-order valence-electron chi connectivity index (χ2n) is 16.7. The van der Waals surface area contributed by atoms with Crippen molar-refractivity contribution in [2.24, 2.45) is 5.92 Å². The number of piperazine rings is 1. The van der Waals surface area contributed by atoms with E-state index in [1.54, 1.807) is 24.1 Å². The molecular formula is C46H49N5O7. The summed E-state index contributed by atoms with van der Waals surface area (Å²) < 4.78 is 18.6. The summed E-state index contributed by atoms with van der Waals surface area (Å²) in [6.07, 6.45) is 2.82. The first-order chi connectivity index (χ1) is 28.3.